The molecule has 2 aliphatic heterocycles. The second-order valence-electron chi connectivity index (χ2n) is 7.80. The molecular formula is C20H26ClN3O5. The molecule has 0 aromatic heterocycles. The van der Waals surface area contributed by atoms with Gasteiger partial charge in [0, 0.05) is 36.9 Å². The fourth-order valence-electron chi connectivity index (χ4n) is 3.52. The number of nitrogens with one attached hydrogen (secondary N) is 1. The van der Waals surface area contributed by atoms with E-state index in [-0.39, 0.29) is 11.8 Å². The van der Waals surface area contributed by atoms with Gasteiger partial charge in [0.15, 0.2) is 12.2 Å². The van der Waals surface area contributed by atoms with E-state index in [0.717, 1.165) is 5.69 Å². The topological polar surface area (TPSA) is 102 Å². The SMILES string of the molecule is CC(C)C[C@H](NC(=O)[C@H]1O[C@@H]1C(=O)O)C(=O)N1CCN(c2cccc(Cl)c2)CC1. The molecule has 2 N–H and O–H groups in total. The highest BCUT2D eigenvalue weighted by Gasteiger charge is 2.51. The Morgan fingerprint density at radius 3 is 2.45 bits per heavy atom. The van der Waals surface area contributed by atoms with Crippen molar-refractivity contribution < 1.29 is 24.2 Å². The summed E-state index contributed by atoms with van der Waals surface area (Å²) in [6.07, 6.45) is -1.66. The van der Waals surface area contributed by atoms with E-state index in [1.54, 1.807) is 4.90 Å². The normalized spacial score (nSPS) is 22.3. The summed E-state index contributed by atoms with van der Waals surface area (Å²) in [5.41, 5.74) is 1.02. The van der Waals surface area contributed by atoms with Gasteiger partial charge in [-0.3, -0.25) is 9.59 Å². The van der Waals surface area contributed by atoms with E-state index >= 15 is 0 Å². The fraction of sp³-hybridized carbons (Fsp3) is 0.550. The van der Waals surface area contributed by atoms with Gasteiger partial charge in [0.2, 0.25) is 5.91 Å². The van der Waals surface area contributed by atoms with Crippen molar-refractivity contribution in [1.29, 1.82) is 0 Å². The number of aliphatic carboxylic acids is 1. The lowest BCUT2D eigenvalue weighted by molar-refractivity contribution is -0.138. The molecule has 2 aliphatic rings. The van der Waals surface area contributed by atoms with Crippen LogP contribution in [0.5, 0.6) is 0 Å². The molecule has 0 bridgehead atoms. The minimum Gasteiger partial charge on any atom is -0.479 e. The summed E-state index contributed by atoms with van der Waals surface area (Å²) in [5, 5.41) is 12.3. The maximum Gasteiger partial charge on any atom is 0.336 e. The van der Waals surface area contributed by atoms with E-state index in [1.807, 2.05) is 38.1 Å². The highest BCUT2D eigenvalue weighted by Crippen LogP contribution is 2.24. The predicted molar refractivity (Wildman–Crippen MR) is 108 cm³/mol. The van der Waals surface area contributed by atoms with Crippen LogP contribution in [0.25, 0.3) is 0 Å². The van der Waals surface area contributed by atoms with Crippen LogP contribution in [0.3, 0.4) is 0 Å². The molecule has 2 saturated heterocycles. The van der Waals surface area contributed by atoms with Gasteiger partial charge in [-0.05, 0) is 30.5 Å². The van der Waals surface area contributed by atoms with Crippen LogP contribution in [0.4, 0.5) is 5.69 Å². The second kappa shape index (κ2) is 9.00. The van der Waals surface area contributed by atoms with Gasteiger partial charge in [-0.1, -0.05) is 31.5 Å². The average Bonchev–Trinajstić information content (AvgIpc) is 3.48. The summed E-state index contributed by atoms with van der Waals surface area (Å²) >= 11 is 6.06. The number of rotatable bonds is 7. The summed E-state index contributed by atoms with van der Waals surface area (Å²) in [6.45, 7) is 6.35. The Hall–Kier alpha value is -2.32. The molecule has 158 valence electrons. The highest BCUT2D eigenvalue weighted by molar-refractivity contribution is 6.30. The molecule has 0 aliphatic carbocycles. The zero-order valence-corrected chi connectivity index (χ0v) is 17.3. The van der Waals surface area contributed by atoms with Gasteiger partial charge in [-0.2, -0.15) is 0 Å². The van der Waals surface area contributed by atoms with Gasteiger partial charge in [0.25, 0.3) is 5.91 Å². The highest BCUT2D eigenvalue weighted by atomic mass is 35.5. The second-order valence-corrected chi connectivity index (χ2v) is 8.23. The molecule has 9 heteroatoms. The largest absolute Gasteiger partial charge is 0.479 e. The van der Waals surface area contributed by atoms with Crippen LogP contribution in [0.2, 0.25) is 5.02 Å². The maximum absolute atomic E-state index is 13.0. The van der Waals surface area contributed by atoms with E-state index in [4.69, 9.17) is 21.4 Å². The number of hydrogen-bond donors (Lipinski definition) is 2. The Kier molecular flexibility index (Phi) is 6.64. The minimum absolute atomic E-state index is 0.148. The molecule has 0 saturated carbocycles. The van der Waals surface area contributed by atoms with Gasteiger partial charge in [0.1, 0.15) is 6.04 Å². The molecule has 0 radical (unpaired) electrons. The van der Waals surface area contributed by atoms with Crippen molar-refractivity contribution in [2.75, 3.05) is 31.1 Å². The van der Waals surface area contributed by atoms with Crippen LogP contribution in [0.15, 0.2) is 24.3 Å². The number of ether oxygens (including phenoxy) is 1. The number of carbonyl (C=O) groups excluding carboxylic acids is 2. The standard InChI is InChI=1S/C20H26ClN3O5/c1-12(2)10-15(22-18(25)16-17(29-16)20(27)28)19(26)24-8-6-23(7-9-24)14-5-3-4-13(21)11-14/h3-5,11-12,15-17H,6-10H2,1-2H3,(H,22,25)(H,27,28)/t15-,16-,17-/m0/s1. The average molecular weight is 424 g/mol. The van der Waals surface area contributed by atoms with Crippen molar-refractivity contribution in [2.24, 2.45) is 5.92 Å². The zero-order chi connectivity index (χ0) is 21.1. The summed E-state index contributed by atoms with van der Waals surface area (Å²) in [4.78, 5) is 40.1. The molecule has 2 fully saturated rings. The Bertz CT molecular complexity index is 779. The smallest absolute Gasteiger partial charge is 0.336 e. The Morgan fingerprint density at radius 1 is 1.21 bits per heavy atom. The van der Waals surface area contributed by atoms with Crippen molar-refractivity contribution in [2.45, 2.75) is 38.5 Å². The van der Waals surface area contributed by atoms with E-state index in [2.05, 4.69) is 10.2 Å². The van der Waals surface area contributed by atoms with Crippen LogP contribution >= 0.6 is 11.6 Å². The summed E-state index contributed by atoms with van der Waals surface area (Å²) in [5.74, 6) is -1.68. The van der Waals surface area contributed by atoms with Crippen LogP contribution < -0.4 is 10.2 Å². The lowest BCUT2D eigenvalue weighted by Gasteiger charge is -2.38. The van der Waals surface area contributed by atoms with Crippen LogP contribution in [0, 0.1) is 5.92 Å². The van der Waals surface area contributed by atoms with Crippen molar-refractivity contribution in [3.05, 3.63) is 29.3 Å². The summed E-state index contributed by atoms with van der Waals surface area (Å²) in [6, 6.07) is 6.91. The third-order valence-corrected chi connectivity index (χ3v) is 5.31. The molecule has 8 nitrogen and oxygen atoms in total. The van der Waals surface area contributed by atoms with Crippen molar-refractivity contribution >= 4 is 35.1 Å². The number of piperazine rings is 1. The third-order valence-electron chi connectivity index (χ3n) is 5.08. The number of carboxylic acid groups (broad SMARTS) is 1. The third kappa shape index (κ3) is 5.39. The van der Waals surface area contributed by atoms with Crippen LogP contribution in [0.1, 0.15) is 20.3 Å². The van der Waals surface area contributed by atoms with E-state index in [1.165, 1.54) is 0 Å². The number of epoxide rings is 1. The maximum atomic E-state index is 13.0. The van der Waals surface area contributed by atoms with E-state index < -0.39 is 30.1 Å². The number of amides is 2. The molecular weight excluding hydrogens is 398 g/mol. The van der Waals surface area contributed by atoms with Crippen molar-refractivity contribution in [1.82, 2.24) is 10.2 Å². The first kappa shape index (κ1) is 21.4. The number of carbonyl (C=O) groups is 3. The molecule has 1 aromatic carbocycles. The summed E-state index contributed by atoms with van der Waals surface area (Å²) in [7, 11) is 0. The molecule has 1 aromatic rings. The molecule has 3 rings (SSSR count). The lowest BCUT2D eigenvalue weighted by Crippen LogP contribution is -2.56. The number of carboxylic acids is 1. The van der Waals surface area contributed by atoms with E-state index in [0.29, 0.717) is 37.6 Å². The minimum atomic E-state index is -1.17. The Balaban J connectivity index is 1.58. The van der Waals surface area contributed by atoms with Gasteiger partial charge >= 0.3 is 5.97 Å². The van der Waals surface area contributed by atoms with Gasteiger partial charge in [-0.25, -0.2) is 4.79 Å². The molecule has 0 unspecified atom stereocenters. The number of nitrogens with zero attached hydrogens (tertiary/aromatic N) is 2. The van der Waals surface area contributed by atoms with Crippen LogP contribution in [-0.4, -0.2) is 72.2 Å². The zero-order valence-electron chi connectivity index (χ0n) is 16.5. The van der Waals surface area contributed by atoms with E-state index in [9.17, 15) is 14.4 Å². The fourth-order valence-corrected chi connectivity index (χ4v) is 3.71. The first-order valence-electron chi connectivity index (χ1n) is 9.74. The van der Waals surface area contributed by atoms with Gasteiger partial charge in [0.05, 0.1) is 0 Å². The van der Waals surface area contributed by atoms with Gasteiger partial charge in [-0.15, -0.1) is 0 Å². The predicted octanol–water partition coefficient (Wildman–Crippen LogP) is 1.37. The molecule has 2 heterocycles. The lowest BCUT2D eigenvalue weighted by atomic mass is 10.0. The number of anilines is 1. The van der Waals surface area contributed by atoms with Crippen LogP contribution in [-0.2, 0) is 19.1 Å². The molecule has 0 spiro atoms. The first-order valence-corrected chi connectivity index (χ1v) is 10.1. The summed E-state index contributed by atoms with van der Waals surface area (Å²) < 4.78 is 4.89. The monoisotopic (exact) mass is 423 g/mol. The first-order chi connectivity index (χ1) is 13.8. The molecule has 29 heavy (non-hydrogen) atoms. The van der Waals surface area contributed by atoms with Crippen molar-refractivity contribution in [3.63, 3.8) is 0 Å². The Morgan fingerprint density at radius 2 is 1.90 bits per heavy atom. The molecule has 2 amide bonds. The number of benzene rings is 1. The Labute approximate surface area is 174 Å². The molecule has 3 atom stereocenters. The van der Waals surface area contributed by atoms with Crippen molar-refractivity contribution in [3.8, 4) is 0 Å². The quantitative estimate of drug-likeness (QED) is 0.642. The number of hydrogen-bond acceptors (Lipinski definition) is 5. The number of halogens is 1. The van der Waals surface area contributed by atoms with Gasteiger partial charge < -0.3 is 25.0 Å².